The molecule has 1 heterocycles. The molecule has 0 unspecified atom stereocenters. The zero-order chi connectivity index (χ0) is 24.8. The SMILES string of the molecule is COC(=O)Cc1cc(OCCc2nc(-c3ccccc3)oc2C)ccc1Nc1c(Cl)cccc1Cl. The van der Waals surface area contributed by atoms with E-state index in [9.17, 15) is 4.79 Å². The van der Waals surface area contributed by atoms with Gasteiger partial charge in [0.05, 0.1) is 41.6 Å². The van der Waals surface area contributed by atoms with E-state index in [1.54, 1.807) is 24.3 Å². The summed E-state index contributed by atoms with van der Waals surface area (Å²) in [6.07, 6.45) is 0.630. The average molecular weight is 511 g/mol. The summed E-state index contributed by atoms with van der Waals surface area (Å²) in [5.41, 5.74) is 3.69. The molecule has 180 valence electrons. The third-order valence-corrected chi connectivity index (χ3v) is 6.01. The van der Waals surface area contributed by atoms with Crippen molar-refractivity contribution in [2.24, 2.45) is 0 Å². The zero-order valence-corrected chi connectivity index (χ0v) is 20.8. The number of anilines is 2. The van der Waals surface area contributed by atoms with Crippen molar-refractivity contribution in [3.8, 4) is 17.2 Å². The molecule has 0 aliphatic carbocycles. The van der Waals surface area contributed by atoms with E-state index < -0.39 is 0 Å². The Labute approximate surface area is 213 Å². The number of ether oxygens (including phenoxy) is 2. The molecule has 0 aliphatic heterocycles. The molecule has 0 saturated heterocycles. The van der Waals surface area contributed by atoms with Crippen molar-refractivity contribution in [2.75, 3.05) is 19.0 Å². The third kappa shape index (κ3) is 6.15. The van der Waals surface area contributed by atoms with Gasteiger partial charge in [0.25, 0.3) is 0 Å². The topological polar surface area (TPSA) is 73.6 Å². The fourth-order valence-corrected chi connectivity index (χ4v) is 4.03. The summed E-state index contributed by atoms with van der Waals surface area (Å²) in [6, 6.07) is 20.4. The monoisotopic (exact) mass is 510 g/mol. The van der Waals surface area contributed by atoms with Crippen molar-refractivity contribution in [3.63, 3.8) is 0 Å². The molecule has 0 aliphatic rings. The van der Waals surface area contributed by atoms with Gasteiger partial charge in [0.1, 0.15) is 11.5 Å². The molecule has 0 atom stereocenters. The molecule has 6 nitrogen and oxygen atoms in total. The van der Waals surface area contributed by atoms with Crippen molar-refractivity contribution in [1.29, 1.82) is 0 Å². The third-order valence-electron chi connectivity index (χ3n) is 5.38. The van der Waals surface area contributed by atoms with Gasteiger partial charge in [0, 0.05) is 17.7 Å². The molecule has 1 N–H and O–H groups in total. The lowest BCUT2D eigenvalue weighted by molar-refractivity contribution is -0.139. The normalized spacial score (nSPS) is 10.7. The smallest absolute Gasteiger partial charge is 0.310 e. The fourth-order valence-electron chi connectivity index (χ4n) is 3.54. The standard InChI is InChI=1S/C27H24Cl2N2O4/c1-17-23(31-27(35-17)18-7-4-3-5-8-18)13-14-34-20-11-12-24(19(15-20)16-25(32)33-2)30-26-21(28)9-6-10-22(26)29/h3-12,15,30H,13-14,16H2,1-2H3. The molecule has 0 amide bonds. The first-order valence-corrected chi connectivity index (χ1v) is 11.8. The first-order valence-electron chi connectivity index (χ1n) is 11.0. The van der Waals surface area contributed by atoms with Gasteiger partial charge in [0.15, 0.2) is 0 Å². The Hall–Kier alpha value is -3.48. The molecule has 3 aromatic carbocycles. The summed E-state index contributed by atoms with van der Waals surface area (Å²) >= 11 is 12.6. The molecule has 0 radical (unpaired) electrons. The van der Waals surface area contributed by atoms with E-state index in [1.807, 2.05) is 49.4 Å². The predicted octanol–water partition coefficient (Wildman–Crippen LogP) is 7.04. The Kier molecular flexibility index (Phi) is 7.95. The van der Waals surface area contributed by atoms with Crippen molar-refractivity contribution in [3.05, 3.63) is 93.8 Å². The van der Waals surface area contributed by atoms with Crippen LogP contribution < -0.4 is 10.1 Å². The number of aromatic nitrogens is 1. The molecular weight excluding hydrogens is 487 g/mol. The second-order valence-corrected chi connectivity index (χ2v) is 8.59. The van der Waals surface area contributed by atoms with Gasteiger partial charge < -0.3 is 19.2 Å². The Morgan fingerprint density at radius 1 is 1.03 bits per heavy atom. The molecule has 0 bridgehead atoms. The maximum Gasteiger partial charge on any atom is 0.310 e. The van der Waals surface area contributed by atoms with Gasteiger partial charge >= 0.3 is 5.97 Å². The zero-order valence-electron chi connectivity index (χ0n) is 19.3. The highest BCUT2D eigenvalue weighted by molar-refractivity contribution is 6.39. The quantitative estimate of drug-likeness (QED) is 0.243. The molecule has 0 saturated carbocycles. The number of nitrogens with one attached hydrogen (secondary N) is 1. The van der Waals surface area contributed by atoms with Crippen LogP contribution in [0, 0.1) is 6.92 Å². The Balaban J connectivity index is 1.48. The number of carbonyl (C=O) groups is 1. The van der Waals surface area contributed by atoms with Gasteiger partial charge in [-0.3, -0.25) is 4.79 Å². The van der Waals surface area contributed by atoms with Crippen molar-refractivity contribution < 1.29 is 18.7 Å². The number of nitrogens with zero attached hydrogens (tertiary/aromatic N) is 1. The molecule has 8 heteroatoms. The number of carbonyl (C=O) groups excluding carboxylic acids is 1. The number of halogens is 2. The summed E-state index contributed by atoms with van der Waals surface area (Å²) in [4.78, 5) is 16.6. The van der Waals surface area contributed by atoms with E-state index in [4.69, 9.17) is 37.1 Å². The van der Waals surface area contributed by atoms with Crippen molar-refractivity contribution >= 4 is 40.5 Å². The van der Waals surface area contributed by atoms with E-state index in [2.05, 4.69) is 10.3 Å². The maximum absolute atomic E-state index is 12.0. The highest BCUT2D eigenvalue weighted by Crippen LogP contribution is 2.35. The van der Waals surface area contributed by atoms with Gasteiger partial charge in [0.2, 0.25) is 5.89 Å². The number of esters is 1. The molecule has 4 aromatic rings. The number of hydrogen-bond donors (Lipinski definition) is 1. The maximum atomic E-state index is 12.0. The van der Waals surface area contributed by atoms with Gasteiger partial charge in [-0.25, -0.2) is 4.98 Å². The highest BCUT2D eigenvalue weighted by atomic mass is 35.5. The van der Waals surface area contributed by atoms with E-state index in [0.717, 1.165) is 17.0 Å². The number of methoxy groups -OCH3 is 1. The minimum atomic E-state index is -0.373. The average Bonchev–Trinajstić information content (AvgIpc) is 3.23. The fraction of sp³-hybridized carbons (Fsp3) is 0.185. The van der Waals surface area contributed by atoms with Crippen LogP contribution in [0.4, 0.5) is 11.4 Å². The van der Waals surface area contributed by atoms with E-state index in [-0.39, 0.29) is 12.4 Å². The summed E-state index contributed by atoms with van der Waals surface area (Å²) in [5, 5.41) is 4.17. The van der Waals surface area contributed by atoms with Crippen LogP contribution in [0.3, 0.4) is 0 Å². The second-order valence-electron chi connectivity index (χ2n) is 7.78. The van der Waals surface area contributed by atoms with Crippen molar-refractivity contribution in [1.82, 2.24) is 4.98 Å². The number of hydrogen-bond acceptors (Lipinski definition) is 6. The van der Waals surface area contributed by atoms with Crippen LogP contribution in [0.15, 0.2) is 71.1 Å². The van der Waals surface area contributed by atoms with Crippen LogP contribution in [-0.4, -0.2) is 24.7 Å². The molecule has 1 aromatic heterocycles. The predicted molar refractivity (Wildman–Crippen MR) is 138 cm³/mol. The highest BCUT2D eigenvalue weighted by Gasteiger charge is 2.15. The molecular formula is C27H24Cl2N2O4. The minimum Gasteiger partial charge on any atom is -0.493 e. The van der Waals surface area contributed by atoms with Gasteiger partial charge in [-0.1, -0.05) is 47.5 Å². The van der Waals surface area contributed by atoms with Crippen LogP contribution in [-0.2, 0) is 22.4 Å². The number of rotatable bonds is 9. The van der Waals surface area contributed by atoms with Crippen LogP contribution in [0.2, 0.25) is 10.0 Å². The van der Waals surface area contributed by atoms with Crippen molar-refractivity contribution in [2.45, 2.75) is 19.8 Å². The number of aryl methyl sites for hydroxylation is 1. The van der Waals surface area contributed by atoms with E-state index in [1.165, 1.54) is 7.11 Å². The summed E-state index contributed by atoms with van der Waals surface area (Å²) in [5.74, 6) is 1.59. The lowest BCUT2D eigenvalue weighted by Crippen LogP contribution is -2.08. The second kappa shape index (κ2) is 11.3. The molecule has 0 fully saturated rings. The Morgan fingerprint density at radius 3 is 2.49 bits per heavy atom. The number of para-hydroxylation sites is 1. The lowest BCUT2D eigenvalue weighted by atomic mass is 10.1. The number of benzene rings is 3. The van der Waals surface area contributed by atoms with E-state index >= 15 is 0 Å². The largest absolute Gasteiger partial charge is 0.493 e. The summed E-state index contributed by atoms with van der Waals surface area (Å²) < 4.78 is 16.7. The van der Waals surface area contributed by atoms with Crippen LogP contribution in [0.25, 0.3) is 11.5 Å². The first-order chi connectivity index (χ1) is 16.9. The van der Waals surface area contributed by atoms with Gasteiger partial charge in [-0.2, -0.15) is 0 Å². The Morgan fingerprint density at radius 2 is 1.77 bits per heavy atom. The number of oxazole rings is 1. The van der Waals surface area contributed by atoms with Crippen LogP contribution >= 0.6 is 23.2 Å². The molecule has 4 rings (SSSR count). The minimum absolute atomic E-state index is 0.0565. The van der Waals surface area contributed by atoms with Gasteiger partial charge in [-0.05, 0) is 55.0 Å². The van der Waals surface area contributed by atoms with Crippen LogP contribution in [0.1, 0.15) is 17.0 Å². The first kappa shape index (κ1) is 24.6. The van der Waals surface area contributed by atoms with Gasteiger partial charge in [-0.15, -0.1) is 0 Å². The van der Waals surface area contributed by atoms with Crippen LogP contribution in [0.5, 0.6) is 5.75 Å². The Bertz CT molecular complexity index is 1300. The van der Waals surface area contributed by atoms with E-state index in [0.29, 0.717) is 51.7 Å². The lowest BCUT2D eigenvalue weighted by Gasteiger charge is -2.16. The molecule has 35 heavy (non-hydrogen) atoms. The molecule has 0 spiro atoms. The summed E-state index contributed by atoms with van der Waals surface area (Å²) in [6.45, 7) is 2.28. The summed E-state index contributed by atoms with van der Waals surface area (Å²) in [7, 11) is 1.35.